The molecule has 0 amide bonds. The molecule has 21 heavy (non-hydrogen) atoms. The summed E-state index contributed by atoms with van der Waals surface area (Å²) in [5.74, 6) is 0. The van der Waals surface area contributed by atoms with Crippen molar-refractivity contribution >= 4 is 11.4 Å². The minimum Gasteiger partial charge on any atom is -0.368 e. The van der Waals surface area contributed by atoms with Gasteiger partial charge in [-0.05, 0) is 45.1 Å². The summed E-state index contributed by atoms with van der Waals surface area (Å²) >= 11 is 0. The van der Waals surface area contributed by atoms with E-state index in [1.54, 1.807) is 13.0 Å². The van der Waals surface area contributed by atoms with Crippen LogP contribution in [0.4, 0.5) is 11.4 Å². The Balaban J connectivity index is 2.25. The fourth-order valence-corrected chi connectivity index (χ4v) is 3.15. The number of aryl methyl sites for hydroxylation is 1. The van der Waals surface area contributed by atoms with Crippen molar-refractivity contribution in [3.05, 3.63) is 33.9 Å². The zero-order chi connectivity index (χ0) is 15.4. The molecule has 0 atom stereocenters. The number of rotatable bonds is 5. The first-order valence-corrected chi connectivity index (χ1v) is 7.80. The van der Waals surface area contributed by atoms with E-state index in [0.29, 0.717) is 17.6 Å². The molecule has 116 valence electrons. The van der Waals surface area contributed by atoms with Gasteiger partial charge in [0, 0.05) is 35.9 Å². The third kappa shape index (κ3) is 3.73. The predicted molar refractivity (Wildman–Crippen MR) is 85.7 cm³/mol. The van der Waals surface area contributed by atoms with Crippen LogP contribution in [0.2, 0.25) is 0 Å². The van der Waals surface area contributed by atoms with Crippen molar-refractivity contribution in [1.82, 2.24) is 0 Å². The number of nitrogens with zero attached hydrogens (tertiary/aromatic N) is 2. The molecule has 0 aliphatic heterocycles. The van der Waals surface area contributed by atoms with Crippen LogP contribution in [0.15, 0.2) is 18.2 Å². The normalized spacial score (nSPS) is 22.0. The lowest BCUT2D eigenvalue weighted by Crippen LogP contribution is -2.41. The van der Waals surface area contributed by atoms with Crippen molar-refractivity contribution in [2.75, 3.05) is 11.4 Å². The molecule has 0 spiro atoms. The highest BCUT2D eigenvalue weighted by Crippen LogP contribution is 2.30. The molecule has 1 aromatic carbocycles. The van der Waals surface area contributed by atoms with Gasteiger partial charge in [-0.2, -0.15) is 0 Å². The summed E-state index contributed by atoms with van der Waals surface area (Å²) in [7, 11) is 0. The third-order valence-corrected chi connectivity index (χ3v) is 4.37. The Morgan fingerprint density at radius 2 is 2.00 bits per heavy atom. The molecule has 0 bridgehead atoms. The van der Waals surface area contributed by atoms with Crippen LogP contribution in [-0.2, 0) is 0 Å². The van der Waals surface area contributed by atoms with Gasteiger partial charge in [0.25, 0.3) is 5.69 Å². The second-order valence-electron chi connectivity index (χ2n) is 5.99. The van der Waals surface area contributed by atoms with Crippen LogP contribution >= 0.6 is 0 Å². The standard InChI is InChI=1S/C16H25N3O2/c1-3-10-18(14-8-5-13(17)6-9-14)15-7-4-12(2)16(11-15)19(20)21/h4,7,11,13-14H,3,5-6,8-10,17H2,1-2H3. The fraction of sp³-hybridized carbons (Fsp3) is 0.625. The first kappa shape index (κ1) is 15.8. The van der Waals surface area contributed by atoms with Crippen LogP contribution in [0.25, 0.3) is 0 Å². The molecule has 5 heteroatoms. The third-order valence-electron chi connectivity index (χ3n) is 4.37. The highest BCUT2D eigenvalue weighted by Gasteiger charge is 2.25. The average molecular weight is 291 g/mol. The van der Waals surface area contributed by atoms with Crippen LogP contribution in [0, 0.1) is 17.0 Å². The van der Waals surface area contributed by atoms with E-state index in [9.17, 15) is 10.1 Å². The van der Waals surface area contributed by atoms with Crippen molar-refractivity contribution < 1.29 is 4.92 Å². The first-order chi connectivity index (χ1) is 10.0. The van der Waals surface area contributed by atoms with Gasteiger partial charge in [-0.25, -0.2) is 0 Å². The minimum atomic E-state index is -0.292. The quantitative estimate of drug-likeness (QED) is 0.666. The molecule has 0 unspecified atom stereocenters. The Morgan fingerprint density at radius 3 is 2.57 bits per heavy atom. The fourth-order valence-electron chi connectivity index (χ4n) is 3.15. The van der Waals surface area contributed by atoms with E-state index in [1.165, 1.54) is 0 Å². The zero-order valence-corrected chi connectivity index (χ0v) is 12.9. The zero-order valence-electron chi connectivity index (χ0n) is 12.9. The Bertz CT molecular complexity index is 496. The Kier molecular flexibility index (Phi) is 5.17. The molecule has 2 N–H and O–H groups in total. The van der Waals surface area contributed by atoms with Gasteiger partial charge in [0.1, 0.15) is 0 Å². The average Bonchev–Trinajstić information content (AvgIpc) is 2.46. The van der Waals surface area contributed by atoms with E-state index in [0.717, 1.165) is 44.3 Å². The molecule has 1 aliphatic carbocycles. The summed E-state index contributed by atoms with van der Waals surface area (Å²) < 4.78 is 0. The predicted octanol–water partition coefficient (Wildman–Crippen LogP) is 3.39. The van der Waals surface area contributed by atoms with Crippen LogP contribution in [0.5, 0.6) is 0 Å². The number of nitrogens with two attached hydrogens (primary N) is 1. The minimum absolute atomic E-state index is 0.209. The molecule has 1 fully saturated rings. The van der Waals surface area contributed by atoms with Crippen LogP contribution in [0.1, 0.15) is 44.6 Å². The maximum Gasteiger partial charge on any atom is 0.274 e. The van der Waals surface area contributed by atoms with Gasteiger partial charge < -0.3 is 10.6 Å². The highest BCUT2D eigenvalue weighted by molar-refractivity contribution is 5.57. The van der Waals surface area contributed by atoms with E-state index in [4.69, 9.17) is 5.73 Å². The summed E-state index contributed by atoms with van der Waals surface area (Å²) in [6, 6.07) is 6.35. The molecule has 2 rings (SSSR count). The number of nitro benzene ring substituents is 1. The van der Waals surface area contributed by atoms with Crippen molar-refractivity contribution in [1.29, 1.82) is 0 Å². The van der Waals surface area contributed by atoms with Gasteiger partial charge in [0.15, 0.2) is 0 Å². The van der Waals surface area contributed by atoms with Gasteiger partial charge in [0.2, 0.25) is 0 Å². The van der Waals surface area contributed by atoms with E-state index in [-0.39, 0.29) is 10.6 Å². The molecule has 5 nitrogen and oxygen atoms in total. The lowest BCUT2D eigenvalue weighted by molar-refractivity contribution is -0.385. The Hall–Kier alpha value is -1.62. The summed E-state index contributed by atoms with van der Waals surface area (Å²) in [6.45, 7) is 4.86. The van der Waals surface area contributed by atoms with Crippen molar-refractivity contribution in [3.63, 3.8) is 0 Å². The summed E-state index contributed by atoms with van der Waals surface area (Å²) in [6.07, 6.45) is 5.26. The molecule has 0 aromatic heterocycles. The number of nitro groups is 1. The molecule has 1 saturated carbocycles. The second kappa shape index (κ2) is 6.89. The Labute approximate surface area is 126 Å². The molecular formula is C16H25N3O2. The second-order valence-corrected chi connectivity index (χ2v) is 5.99. The van der Waals surface area contributed by atoms with Gasteiger partial charge in [-0.1, -0.05) is 13.0 Å². The molecule has 0 saturated heterocycles. The lowest BCUT2D eigenvalue weighted by Gasteiger charge is -2.37. The number of benzene rings is 1. The van der Waals surface area contributed by atoms with Gasteiger partial charge in [-0.3, -0.25) is 10.1 Å². The summed E-state index contributed by atoms with van der Waals surface area (Å²) in [5.41, 5.74) is 7.88. The lowest BCUT2D eigenvalue weighted by atomic mass is 9.90. The van der Waals surface area contributed by atoms with Gasteiger partial charge in [-0.15, -0.1) is 0 Å². The van der Waals surface area contributed by atoms with Crippen LogP contribution in [-0.4, -0.2) is 23.6 Å². The van der Waals surface area contributed by atoms with Crippen molar-refractivity contribution in [3.8, 4) is 0 Å². The molecule has 1 aliphatic rings. The molecule has 1 aromatic rings. The van der Waals surface area contributed by atoms with E-state index in [1.807, 2.05) is 12.1 Å². The molecule has 0 radical (unpaired) electrons. The smallest absolute Gasteiger partial charge is 0.274 e. The number of anilines is 1. The largest absolute Gasteiger partial charge is 0.368 e. The maximum atomic E-state index is 11.1. The summed E-state index contributed by atoms with van der Waals surface area (Å²) in [5, 5.41) is 11.1. The first-order valence-electron chi connectivity index (χ1n) is 7.80. The molecular weight excluding hydrogens is 266 g/mol. The topological polar surface area (TPSA) is 72.4 Å². The number of hydrogen-bond acceptors (Lipinski definition) is 4. The van der Waals surface area contributed by atoms with Gasteiger partial charge in [0.05, 0.1) is 4.92 Å². The van der Waals surface area contributed by atoms with E-state index < -0.39 is 0 Å². The summed E-state index contributed by atoms with van der Waals surface area (Å²) in [4.78, 5) is 13.2. The highest BCUT2D eigenvalue weighted by atomic mass is 16.6. The van der Waals surface area contributed by atoms with Crippen LogP contribution in [0.3, 0.4) is 0 Å². The Morgan fingerprint density at radius 1 is 1.33 bits per heavy atom. The van der Waals surface area contributed by atoms with Gasteiger partial charge >= 0.3 is 0 Å². The number of hydrogen-bond donors (Lipinski definition) is 1. The van der Waals surface area contributed by atoms with E-state index >= 15 is 0 Å². The van der Waals surface area contributed by atoms with Crippen molar-refractivity contribution in [2.45, 2.75) is 58.0 Å². The molecule has 0 heterocycles. The monoisotopic (exact) mass is 291 g/mol. The van der Waals surface area contributed by atoms with Crippen LogP contribution < -0.4 is 10.6 Å². The van der Waals surface area contributed by atoms with Crippen molar-refractivity contribution in [2.24, 2.45) is 5.73 Å². The maximum absolute atomic E-state index is 11.1. The SMILES string of the molecule is CCCN(c1ccc(C)c([N+](=O)[O-])c1)C1CCC(N)CC1. The van der Waals surface area contributed by atoms with E-state index in [2.05, 4.69) is 11.8 Å².